The number of amides is 1. The molecule has 0 saturated heterocycles. The van der Waals surface area contributed by atoms with Crippen LogP contribution in [-0.2, 0) is 11.3 Å². The maximum absolute atomic E-state index is 12.2. The Morgan fingerprint density at radius 3 is 2.45 bits per heavy atom. The fourth-order valence-electron chi connectivity index (χ4n) is 2.27. The lowest BCUT2D eigenvalue weighted by Gasteiger charge is -2.28. The van der Waals surface area contributed by atoms with Crippen LogP contribution >= 0.6 is 0 Å². The van der Waals surface area contributed by atoms with Gasteiger partial charge in [-0.15, -0.1) is 0 Å². The van der Waals surface area contributed by atoms with Gasteiger partial charge in [0.1, 0.15) is 11.5 Å². The van der Waals surface area contributed by atoms with E-state index >= 15 is 0 Å². The van der Waals surface area contributed by atoms with Gasteiger partial charge in [-0.3, -0.25) is 9.69 Å². The van der Waals surface area contributed by atoms with Crippen molar-refractivity contribution in [2.75, 3.05) is 26.7 Å². The summed E-state index contributed by atoms with van der Waals surface area (Å²) >= 11 is 0. The van der Waals surface area contributed by atoms with Crippen LogP contribution in [0.1, 0.15) is 31.8 Å². The average Bonchev–Trinajstić information content (AvgIpc) is 2.82. The largest absolute Gasteiger partial charge is 0.465 e. The minimum absolute atomic E-state index is 0.0357. The van der Waals surface area contributed by atoms with Crippen LogP contribution in [0.15, 0.2) is 16.5 Å². The molecular formula is C15H27N3O2. The highest BCUT2D eigenvalue weighted by Gasteiger charge is 2.20. The first kappa shape index (κ1) is 16.7. The van der Waals surface area contributed by atoms with Gasteiger partial charge in [-0.25, -0.2) is 0 Å². The van der Waals surface area contributed by atoms with E-state index < -0.39 is 0 Å². The number of nitrogens with two attached hydrogens (primary N) is 1. The zero-order chi connectivity index (χ0) is 15.1. The molecule has 0 aromatic carbocycles. The first-order chi connectivity index (χ1) is 9.51. The van der Waals surface area contributed by atoms with E-state index in [9.17, 15) is 4.79 Å². The lowest BCUT2D eigenvalue weighted by molar-refractivity contribution is -0.132. The van der Waals surface area contributed by atoms with Gasteiger partial charge in [-0.05, 0) is 40.0 Å². The van der Waals surface area contributed by atoms with Crippen molar-refractivity contribution in [1.82, 2.24) is 9.80 Å². The Balaban J connectivity index is 2.58. The number of hydrogen-bond donors (Lipinski definition) is 1. The van der Waals surface area contributed by atoms with Crippen LogP contribution in [0, 0.1) is 6.92 Å². The van der Waals surface area contributed by atoms with Crippen molar-refractivity contribution < 1.29 is 9.21 Å². The molecule has 1 amide bonds. The molecule has 0 radical (unpaired) electrons. The monoisotopic (exact) mass is 281 g/mol. The van der Waals surface area contributed by atoms with E-state index in [4.69, 9.17) is 10.2 Å². The molecule has 2 N–H and O–H groups in total. The van der Waals surface area contributed by atoms with Crippen LogP contribution in [0.2, 0.25) is 0 Å². The third kappa shape index (κ3) is 4.65. The SMILES string of the molecule is CCN(CC)C(=O)CC(CN)N(C)Cc1ccc(C)o1. The number of furan rings is 1. The summed E-state index contributed by atoms with van der Waals surface area (Å²) in [4.78, 5) is 16.1. The van der Waals surface area contributed by atoms with Crippen LogP contribution in [0.3, 0.4) is 0 Å². The fourth-order valence-corrected chi connectivity index (χ4v) is 2.27. The van der Waals surface area contributed by atoms with E-state index in [0.717, 1.165) is 24.6 Å². The second kappa shape index (κ2) is 8.07. The summed E-state index contributed by atoms with van der Waals surface area (Å²) in [5.74, 6) is 1.96. The summed E-state index contributed by atoms with van der Waals surface area (Å²) < 4.78 is 5.57. The molecule has 5 heteroatoms. The van der Waals surface area contributed by atoms with Gasteiger partial charge in [0.2, 0.25) is 5.91 Å². The predicted octanol–water partition coefficient (Wildman–Crippen LogP) is 1.61. The molecule has 0 saturated carbocycles. The zero-order valence-electron chi connectivity index (χ0n) is 13.1. The fraction of sp³-hybridized carbons (Fsp3) is 0.667. The molecule has 1 unspecified atom stereocenters. The van der Waals surface area contributed by atoms with E-state index in [1.165, 1.54) is 0 Å². The van der Waals surface area contributed by atoms with Crippen molar-refractivity contribution in [3.8, 4) is 0 Å². The van der Waals surface area contributed by atoms with Crippen molar-refractivity contribution in [3.63, 3.8) is 0 Å². The van der Waals surface area contributed by atoms with E-state index in [0.29, 0.717) is 19.5 Å². The van der Waals surface area contributed by atoms with Crippen molar-refractivity contribution in [2.45, 2.75) is 39.8 Å². The zero-order valence-corrected chi connectivity index (χ0v) is 13.1. The highest BCUT2D eigenvalue weighted by Crippen LogP contribution is 2.12. The second-order valence-electron chi connectivity index (χ2n) is 5.09. The third-order valence-corrected chi connectivity index (χ3v) is 3.62. The lowest BCUT2D eigenvalue weighted by atomic mass is 10.1. The third-order valence-electron chi connectivity index (χ3n) is 3.62. The molecule has 1 aromatic heterocycles. The van der Waals surface area contributed by atoms with Gasteiger partial charge in [0, 0.05) is 32.1 Å². The van der Waals surface area contributed by atoms with Gasteiger partial charge >= 0.3 is 0 Å². The molecular weight excluding hydrogens is 254 g/mol. The summed E-state index contributed by atoms with van der Waals surface area (Å²) in [5.41, 5.74) is 5.82. The smallest absolute Gasteiger partial charge is 0.224 e. The Labute approximate surface area is 121 Å². The molecule has 0 fully saturated rings. The molecule has 0 aliphatic carbocycles. The Hall–Kier alpha value is -1.33. The van der Waals surface area contributed by atoms with E-state index in [1.54, 1.807) is 0 Å². The maximum atomic E-state index is 12.2. The Morgan fingerprint density at radius 2 is 2.00 bits per heavy atom. The molecule has 1 aromatic rings. The first-order valence-corrected chi connectivity index (χ1v) is 7.25. The Kier molecular flexibility index (Phi) is 6.75. The number of nitrogens with zero attached hydrogens (tertiary/aromatic N) is 2. The van der Waals surface area contributed by atoms with Crippen molar-refractivity contribution >= 4 is 5.91 Å². The van der Waals surface area contributed by atoms with Crippen LogP contribution < -0.4 is 5.73 Å². The summed E-state index contributed by atoms with van der Waals surface area (Å²) in [7, 11) is 1.98. The molecule has 1 atom stereocenters. The van der Waals surface area contributed by atoms with E-state index in [1.807, 2.05) is 44.9 Å². The number of rotatable bonds is 8. The van der Waals surface area contributed by atoms with Crippen LogP contribution in [-0.4, -0.2) is 48.4 Å². The molecule has 0 aliphatic heterocycles. The maximum Gasteiger partial charge on any atom is 0.224 e. The molecule has 20 heavy (non-hydrogen) atoms. The van der Waals surface area contributed by atoms with Crippen molar-refractivity contribution in [1.29, 1.82) is 0 Å². The number of likely N-dealkylation sites (N-methyl/N-ethyl adjacent to an activating group) is 1. The summed E-state index contributed by atoms with van der Waals surface area (Å²) in [5, 5.41) is 0. The van der Waals surface area contributed by atoms with E-state index in [-0.39, 0.29) is 11.9 Å². The molecule has 0 bridgehead atoms. The van der Waals surface area contributed by atoms with Gasteiger partial charge < -0.3 is 15.1 Å². The van der Waals surface area contributed by atoms with Gasteiger partial charge in [-0.2, -0.15) is 0 Å². The normalized spacial score (nSPS) is 12.7. The van der Waals surface area contributed by atoms with E-state index in [2.05, 4.69) is 4.90 Å². The number of aryl methyl sites for hydroxylation is 1. The van der Waals surface area contributed by atoms with Gasteiger partial charge in [0.25, 0.3) is 0 Å². The molecule has 1 rings (SSSR count). The average molecular weight is 281 g/mol. The standard InChI is InChI=1S/C15H27N3O2/c1-5-18(6-2)15(19)9-13(10-16)17(4)11-14-8-7-12(3)20-14/h7-8,13H,5-6,9-11,16H2,1-4H3. The quantitative estimate of drug-likeness (QED) is 0.786. The highest BCUT2D eigenvalue weighted by atomic mass is 16.3. The first-order valence-electron chi connectivity index (χ1n) is 7.25. The van der Waals surface area contributed by atoms with Gasteiger partial charge in [0.15, 0.2) is 0 Å². The van der Waals surface area contributed by atoms with Gasteiger partial charge in [-0.1, -0.05) is 0 Å². The lowest BCUT2D eigenvalue weighted by Crippen LogP contribution is -2.42. The van der Waals surface area contributed by atoms with Crippen LogP contribution in [0.4, 0.5) is 0 Å². The minimum atomic E-state index is 0.0357. The molecule has 1 heterocycles. The number of hydrogen-bond acceptors (Lipinski definition) is 4. The second-order valence-corrected chi connectivity index (χ2v) is 5.09. The molecule has 114 valence electrons. The number of carbonyl (C=O) groups is 1. The Morgan fingerprint density at radius 1 is 1.35 bits per heavy atom. The molecule has 5 nitrogen and oxygen atoms in total. The molecule has 0 aliphatic rings. The van der Waals surface area contributed by atoms with Crippen LogP contribution in [0.5, 0.6) is 0 Å². The topological polar surface area (TPSA) is 62.7 Å². The summed E-state index contributed by atoms with van der Waals surface area (Å²) in [6.45, 7) is 8.53. The van der Waals surface area contributed by atoms with Crippen molar-refractivity contribution in [2.24, 2.45) is 5.73 Å². The molecule has 0 spiro atoms. The van der Waals surface area contributed by atoms with Gasteiger partial charge in [0.05, 0.1) is 6.54 Å². The minimum Gasteiger partial charge on any atom is -0.465 e. The predicted molar refractivity (Wildman–Crippen MR) is 80.3 cm³/mol. The number of carbonyl (C=O) groups excluding carboxylic acids is 1. The summed E-state index contributed by atoms with van der Waals surface area (Å²) in [6.07, 6.45) is 0.453. The van der Waals surface area contributed by atoms with Crippen LogP contribution in [0.25, 0.3) is 0 Å². The Bertz CT molecular complexity index is 413. The summed E-state index contributed by atoms with van der Waals surface area (Å²) in [6, 6.07) is 3.95. The van der Waals surface area contributed by atoms with Crippen molar-refractivity contribution in [3.05, 3.63) is 23.7 Å². The highest BCUT2D eigenvalue weighted by molar-refractivity contribution is 5.76.